The van der Waals surface area contributed by atoms with Gasteiger partial charge in [0.1, 0.15) is 15.5 Å². The maximum absolute atomic E-state index is 13.7. The number of fused-ring (bicyclic) bond motifs is 1. The fourth-order valence-corrected chi connectivity index (χ4v) is 7.87. The van der Waals surface area contributed by atoms with Crippen molar-refractivity contribution in [2.75, 3.05) is 6.61 Å². The molecule has 0 aliphatic rings. The summed E-state index contributed by atoms with van der Waals surface area (Å²) in [6, 6.07) is 11.4. The molecule has 2 aromatic carbocycles. The fourth-order valence-electron chi connectivity index (χ4n) is 3.54. The molecule has 4 aromatic rings. The van der Waals surface area contributed by atoms with Gasteiger partial charge in [0.05, 0.1) is 33.3 Å². The van der Waals surface area contributed by atoms with Gasteiger partial charge in [-0.3, -0.25) is 13.7 Å². The second-order valence-corrected chi connectivity index (χ2v) is 12.3. The fraction of sp³-hybridized carbons (Fsp3) is 0.182. The molecule has 0 aliphatic heterocycles. The van der Waals surface area contributed by atoms with E-state index < -0.39 is 64.4 Å². The largest absolute Gasteiger partial charge is 1.00 e. The SMILES string of the molecule is Cc1c(OCC(F)(F)F)ccnc1CS(=O)c1nc2ccccc2n1S(=O)(=O)c1ccccc1S(=O)(=O)O.[H-].[Na+]. The monoisotopic (exact) mass is 613 g/mol. The molecule has 10 nitrogen and oxygen atoms in total. The van der Waals surface area contributed by atoms with Crippen LogP contribution >= 0.6 is 0 Å². The molecule has 2 heterocycles. The van der Waals surface area contributed by atoms with Crippen molar-refractivity contribution < 1.29 is 74.5 Å². The van der Waals surface area contributed by atoms with Crippen LogP contribution in [0.4, 0.5) is 13.2 Å². The van der Waals surface area contributed by atoms with Crippen LogP contribution < -0.4 is 34.3 Å². The summed E-state index contributed by atoms with van der Waals surface area (Å²) in [6.45, 7) is -0.144. The van der Waals surface area contributed by atoms with Crippen LogP contribution in [0.5, 0.6) is 5.75 Å². The first-order valence-electron chi connectivity index (χ1n) is 10.5. The zero-order valence-corrected chi connectivity index (χ0v) is 24.7. The van der Waals surface area contributed by atoms with Crippen LogP contribution in [0.1, 0.15) is 12.7 Å². The predicted molar refractivity (Wildman–Crippen MR) is 130 cm³/mol. The molecule has 4 rings (SSSR count). The molecule has 1 N–H and O–H groups in total. The molecule has 2 aromatic heterocycles. The third kappa shape index (κ3) is 6.70. The summed E-state index contributed by atoms with van der Waals surface area (Å²) in [7, 11) is -12.0. The number of pyridine rings is 1. The maximum atomic E-state index is 13.7. The Hall–Kier alpha value is -2.34. The molecule has 0 saturated heterocycles. The van der Waals surface area contributed by atoms with Crippen molar-refractivity contribution in [2.45, 2.75) is 33.8 Å². The smallest absolute Gasteiger partial charge is 1.00 e. The number of ether oxygens (including phenoxy) is 1. The second-order valence-electron chi connectivity index (χ2n) is 7.85. The first-order valence-corrected chi connectivity index (χ1v) is 14.7. The van der Waals surface area contributed by atoms with Crippen molar-refractivity contribution in [3.63, 3.8) is 0 Å². The number of alkyl halides is 3. The number of hydrogen-bond acceptors (Lipinski definition) is 8. The summed E-state index contributed by atoms with van der Waals surface area (Å²) in [5.74, 6) is -0.596. The number of halogens is 3. The average molecular weight is 614 g/mol. The molecule has 0 amide bonds. The van der Waals surface area contributed by atoms with Crippen LogP contribution in [0.3, 0.4) is 0 Å². The van der Waals surface area contributed by atoms with E-state index in [0.29, 0.717) is 3.97 Å². The van der Waals surface area contributed by atoms with Gasteiger partial charge < -0.3 is 6.16 Å². The molecule has 204 valence electrons. The van der Waals surface area contributed by atoms with Crippen LogP contribution in [0, 0.1) is 6.92 Å². The molecule has 39 heavy (non-hydrogen) atoms. The molecule has 0 aliphatic carbocycles. The first-order chi connectivity index (χ1) is 17.7. The van der Waals surface area contributed by atoms with Gasteiger partial charge in [-0.05, 0) is 37.3 Å². The van der Waals surface area contributed by atoms with Crippen LogP contribution in [0.2, 0.25) is 0 Å². The molecule has 0 radical (unpaired) electrons. The molecular weight excluding hydrogens is 594 g/mol. The summed E-state index contributed by atoms with van der Waals surface area (Å²) >= 11 is 0. The van der Waals surface area contributed by atoms with E-state index in [1.807, 2.05) is 0 Å². The molecule has 0 bridgehead atoms. The minimum absolute atomic E-state index is 0. The minimum Gasteiger partial charge on any atom is -1.00 e. The summed E-state index contributed by atoms with van der Waals surface area (Å²) in [6.07, 6.45) is -3.43. The van der Waals surface area contributed by atoms with Crippen molar-refractivity contribution in [1.29, 1.82) is 0 Å². The first kappa shape index (κ1) is 31.2. The Morgan fingerprint density at radius 2 is 1.64 bits per heavy atom. The third-order valence-corrected chi connectivity index (χ3v) is 9.39. The second kappa shape index (κ2) is 11.6. The van der Waals surface area contributed by atoms with Crippen molar-refractivity contribution in [2.24, 2.45) is 0 Å². The Bertz CT molecular complexity index is 1780. The Kier molecular flexibility index (Phi) is 9.31. The maximum Gasteiger partial charge on any atom is 1.00 e. The number of imidazole rings is 1. The van der Waals surface area contributed by atoms with Crippen molar-refractivity contribution in [3.05, 3.63) is 72.1 Å². The van der Waals surface area contributed by atoms with E-state index in [1.165, 1.54) is 43.3 Å². The van der Waals surface area contributed by atoms with Gasteiger partial charge in [-0.1, -0.05) is 24.3 Å². The number of hydrogen-bond donors (Lipinski definition) is 1. The van der Waals surface area contributed by atoms with Crippen molar-refractivity contribution in [3.8, 4) is 5.75 Å². The summed E-state index contributed by atoms with van der Waals surface area (Å²) in [5.41, 5.74) is 0.327. The average Bonchev–Trinajstić information content (AvgIpc) is 3.24. The Balaban J connectivity index is 0.00000280. The van der Waals surface area contributed by atoms with E-state index in [1.54, 1.807) is 6.07 Å². The number of aromatic nitrogens is 3. The van der Waals surface area contributed by atoms with Crippen LogP contribution in [0.15, 0.2) is 75.7 Å². The number of para-hydroxylation sites is 2. The number of rotatable bonds is 8. The molecular formula is C22H19F3N3NaO7S3. The normalized spacial score (nSPS) is 13.2. The Morgan fingerprint density at radius 1 is 1.03 bits per heavy atom. The summed E-state index contributed by atoms with van der Waals surface area (Å²) < 4.78 is 118. The minimum atomic E-state index is -4.96. The van der Waals surface area contributed by atoms with Gasteiger partial charge in [0.15, 0.2) is 6.61 Å². The molecule has 1 unspecified atom stereocenters. The quantitative estimate of drug-likeness (QED) is 0.223. The predicted octanol–water partition coefficient (Wildman–Crippen LogP) is 0.589. The zero-order chi connectivity index (χ0) is 27.9. The topological polar surface area (TPSA) is 146 Å². The van der Waals surface area contributed by atoms with Crippen LogP contribution in [-0.2, 0) is 36.7 Å². The molecule has 0 saturated carbocycles. The van der Waals surface area contributed by atoms with E-state index in [2.05, 4.69) is 9.97 Å². The summed E-state index contributed by atoms with van der Waals surface area (Å²) in [5, 5.41) is -0.487. The third-order valence-electron chi connectivity index (χ3n) is 5.26. The van der Waals surface area contributed by atoms with Gasteiger partial charge in [-0.15, -0.1) is 0 Å². The van der Waals surface area contributed by atoms with Crippen LogP contribution in [-0.4, -0.2) is 52.3 Å². The molecule has 0 fully saturated rings. The van der Waals surface area contributed by atoms with Gasteiger partial charge in [-0.2, -0.15) is 21.6 Å². The van der Waals surface area contributed by atoms with Crippen molar-refractivity contribution in [1.82, 2.24) is 13.9 Å². The number of benzene rings is 2. The number of nitrogens with zero attached hydrogens (tertiary/aromatic N) is 3. The van der Waals surface area contributed by atoms with E-state index in [4.69, 9.17) is 4.74 Å². The zero-order valence-electron chi connectivity index (χ0n) is 21.3. The van der Waals surface area contributed by atoms with Gasteiger partial charge in [0.2, 0.25) is 5.16 Å². The van der Waals surface area contributed by atoms with Gasteiger partial charge >= 0.3 is 35.7 Å². The molecule has 0 spiro atoms. The van der Waals surface area contributed by atoms with E-state index >= 15 is 0 Å². The van der Waals surface area contributed by atoms with E-state index in [0.717, 1.165) is 18.3 Å². The van der Waals surface area contributed by atoms with Crippen molar-refractivity contribution >= 4 is 42.0 Å². The standard InChI is InChI=1S/C22H18F3N3O7S3.Na.H/c1-14-16(26-11-10-18(14)35-13-22(23,24)25)12-36(29)21-27-15-6-2-3-7-17(15)28(21)37(30,31)19-8-4-5-9-20(19)38(32,33)34;;/h2-11H,12-13H2,1H3,(H,32,33,34);;/q;+1;-1. The van der Waals surface area contributed by atoms with Gasteiger partial charge in [-0.25, -0.2) is 17.4 Å². The molecule has 1 atom stereocenters. The Morgan fingerprint density at radius 3 is 2.28 bits per heavy atom. The van der Waals surface area contributed by atoms with E-state index in [-0.39, 0.29) is 59.0 Å². The van der Waals surface area contributed by atoms with Crippen LogP contribution in [0.25, 0.3) is 11.0 Å². The van der Waals surface area contributed by atoms with Gasteiger partial charge in [0.25, 0.3) is 20.1 Å². The van der Waals surface area contributed by atoms with E-state index in [9.17, 15) is 38.8 Å². The van der Waals surface area contributed by atoms with Gasteiger partial charge in [0, 0.05) is 11.8 Å². The Labute approximate surface area is 247 Å². The molecule has 17 heteroatoms. The summed E-state index contributed by atoms with van der Waals surface area (Å²) in [4.78, 5) is 6.56.